The Morgan fingerprint density at radius 2 is 2.06 bits per heavy atom. The van der Waals surface area contributed by atoms with Gasteiger partial charge in [-0.15, -0.1) is 0 Å². The maximum Gasteiger partial charge on any atom is 0.253 e. The molecule has 0 aliphatic heterocycles. The third-order valence-corrected chi connectivity index (χ3v) is 3.45. The van der Waals surface area contributed by atoms with Crippen LogP contribution in [-0.4, -0.2) is 16.9 Å². The second-order valence-corrected chi connectivity index (χ2v) is 4.96. The van der Waals surface area contributed by atoms with E-state index in [0.717, 1.165) is 12.8 Å². The minimum absolute atomic E-state index is 0.0291. The Labute approximate surface area is 107 Å². The van der Waals surface area contributed by atoms with Crippen molar-refractivity contribution >= 4 is 17.5 Å². The van der Waals surface area contributed by atoms with Gasteiger partial charge < -0.3 is 5.32 Å². The zero-order valence-corrected chi connectivity index (χ0v) is 10.8. The maximum atomic E-state index is 12.1. The molecule has 0 bridgehead atoms. The Morgan fingerprint density at radius 3 is 2.71 bits per heavy atom. The number of halogens is 1. The topological polar surface area (TPSA) is 42.0 Å². The molecular weight excluding hydrogens is 236 g/mol. The van der Waals surface area contributed by atoms with Crippen LogP contribution in [0.2, 0.25) is 5.15 Å². The zero-order valence-electron chi connectivity index (χ0n) is 10.0. The van der Waals surface area contributed by atoms with Gasteiger partial charge in [-0.25, -0.2) is 4.98 Å². The van der Waals surface area contributed by atoms with Crippen molar-refractivity contribution in [3.63, 3.8) is 0 Å². The summed E-state index contributed by atoms with van der Waals surface area (Å²) in [5.74, 6) is -0.0291. The van der Waals surface area contributed by atoms with Crippen molar-refractivity contribution in [2.24, 2.45) is 0 Å². The third-order valence-electron chi connectivity index (χ3n) is 3.24. The summed E-state index contributed by atoms with van der Waals surface area (Å²) >= 11 is 5.77. The lowest BCUT2D eigenvalue weighted by atomic mass is 9.95. The van der Waals surface area contributed by atoms with Gasteiger partial charge in [0.15, 0.2) is 0 Å². The highest BCUT2D eigenvalue weighted by molar-refractivity contribution is 6.29. The van der Waals surface area contributed by atoms with Gasteiger partial charge in [0, 0.05) is 6.04 Å². The van der Waals surface area contributed by atoms with Gasteiger partial charge in [0.25, 0.3) is 5.91 Å². The standard InChI is InChI=1S/C13H17ClN2O/c1-9-11(7-8-12(14)15-9)13(17)16-10-5-3-2-4-6-10/h7-8,10H,2-6H2,1H3,(H,16,17). The SMILES string of the molecule is Cc1nc(Cl)ccc1C(=O)NC1CCCCC1. The fraction of sp³-hybridized carbons (Fsp3) is 0.538. The first-order chi connectivity index (χ1) is 8.16. The fourth-order valence-corrected chi connectivity index (χ4v) is 2.47. The minimum atomic E-state index is -0.0291. The van der Waals surface area contributed by atoms with Crippen molar-refractivity contribution in [1.29, 1.82) is 0 Å². The summed E-state index contributed by atoms with van der Waals surface area (Å²) in [6, 6.07) is 3.72. The average Bonchev–Trinajstić information content (AvgIpc) is 2.30. The van der Waals surface area contributed by atoms with E-state index in [-0.39, 0.29) is 5.91 Å². The molecule has 2 rings (SSSR count). The molecule has 4 heteroatoms. The third kappa shape index (κ3) is 3.19. The molecule has 0 radical (unpaired) electrons. The van der Waals surface area contributed by atoms with Crippen LogP contribution in [0.15, 0.2) is 12.1 Å². The normalized spacial score (nSPS) is 16.8. The molecule has 1 aromatic rings. The molecule has 3 nitrogen and oxygen atoms in total. The Kier molecular flexibility index (Phi) is 4.00. The molecule has 1 N–H and O–H groups in total. The number of carbonyl (C=O) groups excluding carboxylic acids is 1. The molecule has 0 unspecified atom stereocenters. The van der Waals surface area contributed by atoms with Crippen LogP contribution < -0.4 is 5.32 Å². The monoisotopic (exact) mass is 252 g/mol. The largest absolute Gasteiger partial charge is 0.349 e. The van der Waals surface area contributed by atoms with Crippen LogP contribution in [0.3, 0.4) is 0 Å². The summed E-state index contributed by atoms with van der Waals surface area (Å²) in [5.41, 5.74) is 1.31. The molecule has 0 atom stereocenters. The van der Waals surface area contributed by atoms with Crippen LogP contribution in [-0.2, 0) is 0 Å². The van der Waals surface area contributed by atoms with Crippen molar-refractivity contribution in [2.75, 3.05) is 0 Å². The van der Waals surface area contributed by atoms with Crippen molar-refractivity contribution in [2.45, 2.75) is 45.1 Å². The van der Waals surface area contributed by atoms with Crippen LogP contribution in [0, 0.1) is 6.92 Å². The summed E-state index contributed by atoms with van der Waals surface area (Å²) in [4.78, 5) is 16.1. The van der Waals surface area contributed by atoms with Crippen molar-refractivity contribution in [3.8, 4) is 0 Å². The molecule has 1 saturated carbocycles. The summed E-state index contributed by atoms with van der Waals surface area (Å²) in [7, 11) is 0. The number of pyridine rings is 1. The van der Waals surface area contributed by atoms with Crippen molar-refractivity contribution in [1.82, 2.24) is 10.3 Å². The molecule has 0 aromatic carbocycles. The highest BCUT2D eigenvalue weighted by Crippen LogP contribution is 2.18. The van der Waals surface area contributed by atoms with Gasteiger partial charge >= 0.3 is 0 Å². The van der Waals surface area contributed by atoms with Crippen molar-refractivity contribution in [3.05, 3.63) is 28.5 Å². The maximum absolute atomic E-state index is 12.1. The Morgan fingerprint density at radius 1 is 1.35 bits per heavy atom. The van der Waals surface area contributed by atoms with Gasteiger partial charge in [0.1, 0.15) is 5.15 Å². The lowest BCUT2D eigenvalue weighted by Crippen LogP contribution is -2.36. The molecule has 1 fully saturated rings. The van der Waals surface area contributed by atoms with E-state index in [0.29, 0.717) is 22.5 Å². The smallest absolute Gasteiger partial charge is 0.253 e. The quantitative estimate of drug-likeness (QED) is 0.822. The first-order valence-electron chi connectivity index (χ1n) is 6.11. The van der Waals surface area contributed by atoms with Crippen LogP contribution >= 0.6 is 11.6 Å². The van der Waals surface area contributed by atoms with Crippen molar-refractivity contribution < 1.29 is 4.79 Å². The molecule has 1 aliphatic rings. The van der Waals surface area contributed by atoms with E-state index in [1.807, 2.05) is 6.92 Å². The Balaban J connectivity index is 2.03. The number of aromatic nitrogens is 1. The lowest BCUT2D eigenvalue weighted by molar-refractivity contribution is 0.0926. The summed E-state index contributed by atoms with van der Waals surface area (Å²) in [6.45, 7) is 1.81. The highest BCUT2D eigenvalue weighted by Gasteiger charge is 2.18. The number of nitrogens with zero attached hydrogens (tertiary/aromatic N) is 1. The van der Waals surface area contributed by atoms with E-state index in [4.69, 9.17) is 11.6 Å². The lowest BCUT2D eigenvalue weighted by Gasteiger charge is -2.23. The average molecular weight is 253 g/mol. The van der Waals surface area contributed by atoms with E-state index in [2.05, 4.69) is 10.3 Å². The fourth-order valence-electron chi connectivity index (χ4n) is 2.28. The van der Waals surface area contributed by atoms with Crippen LogP contribution in [0.1, 0.15) is 48.2 Å². The van der Waals surface area contributed by atoms with Crippen LogP contribution in [0.5, 0.6) is 0 Å². The summed E-state index contributed by atoms with van der Waals surface area (Å²) in [6.07, 6.45) is 5.89. The van der Waals surface area contributed by atoms with Gasteiger partial charge in [-0.2, -0.15) is 0 Å². The van der Waals surface area contributed by atoms with E-state index in [9.17, 15) is 4.79 Å². The first-order valence-corrected chi connectivity index (χ1v) is 6.48. The molecular formula is C13H17ClN2O. The molecule has 17 heavy (non-hydrogen) atoms. The molecule has 1 amide bonds. The Bertz CT molecular complexity index is 414. The predicted molar refractivity (Wildman–Crippen MR) is 68.3 cm³/mol. The van der Waals surface area contributed by atoms with E-state index >= 15 is 0 Å². The number of hydrogen-bond donors (Lipinski definition) is 1. The van der Waals surface area contributed by atoms with E-state index in [1.165, 1.54) is 19.3 Å². The van der Waals surface area contributed by atoms with Crippen LogP contribution in [0.4, 0.5) is 0 Å². The molecule has 0 spiro atoms. The molecule has 92 valence electrons. The molecule has 1 heterocycles. The predicted octanol–water partition coefficient (Wildman–Crippen LogP) is 3.11. The van der Waals surface area contributed by atoms with E-state index in [1.54, 1.807) is 12.1 Å². The number of rotatable bonds is 2. The summed E-state index contributed by atoms with van der Waals surface area (Å²) < 4.78 is 0. The molecule has 1 aliphatic carbocycles. The minimum Gasteiger partial charge on any atom is -0.349 e. The first kappa shape index (κ1) is 12.4. The highest BCUT2D eigenvalue weighted by atomic mass is 35.5. The van der Waals surface area contributed by atoms with E-state index < -0.39 is 0 Å². The number of hydrogen-bond acceptors (Lipinski definition) is 2. The second kappa shape index (κ2) is 5.50. The number of nitrogens with one attached hydrogen (secondary N) is 1. The van der Waals surface area contributed by atoms with Gasteiger partial charge in [0.05, 0.1) is 11.3 Å². The molecule has 0 saturated heterocycles. The van der Waals surface area contributed by atoms with Gasteiger partial charge in [-0.1, -0.05) is 30.9 Å². The number of aryl methyl sites for hydroxylation is 1. The van der Waals surface area contributed by atoms with Gasteiger partial charge in [-0.3, -0.25) is 4.79 Å². The van der Waals surface area contributed by atoms with Gasteiger partial charge in [-0.05, 0) is 31.9 Å². The second-order valence-electron chi connectivity index (χ2n) is 4.58. The number of amides is 1. The number of carbonyl (C=O) groups is 1. The Hall–Kier alpha value is -1.09. The summed E-state index contributed by atoms with van der Waals surface area (Å²) in [5, 5.41) is 3.50. The van der Waals surface area contributed by atoms with Crippen LogP contribution in [0.25, 0.3) is 0 Å². The van der Waals surface area contributed by atoms with Gasteiger partial charge in [0.2, 0.25) is 0 Å². The molecule has 1 aromatic heterocycles. The zero-order chi connectivity index (χ0) is 12.3.